The Hall–Kier alpha value is 1.98. The van der Waals surface area contributed by atoms with E-state index in [1.807, 2.05) is 0 Å². The molecule has 5 heteroatoms. The summed E-state index contributed by atoms with van der Waals surface area (Å²) in [7, 11) is 0.515. The van der Waals surface area contributed by atoms with E-state index in [0.29, 0.717) is 0 Å². The van der Waals surface area contributed by atoms with Gasteiger partial charge in [-0.25, -0.2) is 0 Å². The Balaban J connectivity index is -0.0000000639. The minimum atomic E-state index is 0. The Bertz CT molecular complexity index is 129. The van der Waals surface area contributed by atoms with Gasteiger partial charge in [0, 0.05) is 38.7 Å². The van der Waals surface area contributed by atoms with Gasteiger partial charge in [0.05, 0.1) is 37.0 Å². The molecule has 0 aromatic carbocycles. The van der Waals surface area contributed by atoms with Crippen molar-refractivity contribution in [3.8, 4) is 0 Å². The van der Waals surface area contributed by atoms with Crippen LogP contribution in [-0.2, 0) is 21.1 Å². The molecule has 0 aliphatic rings. The van der Waals surface area contributed by atoms with Crippen LogP contribution in [0.15, 0.2) is 0 Å². The minimum Gasteiger partial charge on any atom is -0.0715 e. The number of hydrogen-bond donors (Lipinski definition) is 0. The van der Waals surface area contributed by atoms with E-state index in [-0.39, 0.29) is 54.5 Å². The normalized spacial score (nSPS) is 9.39. The molecule has 2 radical (unpaired) electrons. The van der Waals surface area contributed by atoms with Gasteiger partial charge in [-0.15, -0.1) is 0 Å². The van der Waals surface area contributed by atoms with Gasteiger partial charge >= 0.3 is 0 Å². The van der Waals surface area contributed by atoms with Crippen molar-refractivity contribution in [2.24, 2.45) is 0 Å². The van der Waals surface area contributed by atoms with Gasteiger partial charge in [-0.1, -0.05) is 39.3 Å². The zero-order valence-electron chi connectivity index (χ0n) is 18.6. The second-order valence-corrected chi connectivity index (χ2v) is 19.9. The molecule has 0 saturated heterocycles. The molecule has 148 valence electrons. The smallest absolute Gasteiger partial charge is 0.0543 e. The topological polar surface area (TPSA) is 0 Å². The summed E-state index contributed by atoms with van der Waals surface area (Å²) in [4.78, 5) is 0. The van der Waals surface area contributed by atoms with Crippen molar-refractivity contribution in [3.05, 3.63) is 0 Å². The molecule has 0 heterocycles. The monoisotopic (exact) mass is 579 g/mol. The molecule has 0 unspecified atom stereocenters. The van der Waals surface area contributed by atoms with Gasteiger partial charge in [-0.2, -0.15) is 0 Å². The Morgan fingerprint density at radius 1 is 0.435 bits per heavy atom. The first kappa shape index (κ1) is 36.0. The van der Waals surface area contributed by atoms with Crippen LogP contribution in [0.4, 0.5) is 0 Å². The molecular formula is C18H50P2PtSi2+2. The molecule has 23 heavy (non-hydrogen) atoms. The second-order valence-electron chi connectivity index (χ2n) is 6.62. The SMILES string of the molecule is CC[PH+](CC)CC.CC[PH+](CC)CC.C[Si](C)C.C[Si](C)C.[Pt]. The van der Waals surface area contributed by atoms with Gasteiger partial charge in [0.2, 0.25) is 0 Å². The third-order valence-electron chi connectivity index (χ3n) is 3.00. The van der Waals surface area contributed by atoms with Crippen LogP contribution in [0, 0.1) is 0 Å². The van der Waals surface area contributed by atoms with Gasteiger partial charge in [0.1, 0.15) is 0 Å². The van der Waals surface area contributed by atoms with Gasteiger partial charge in [-0.3, -0.25) is 0 Å². The van der Waals surface area contributed by atoms with Crippen LogP contribution in [0.2, 0.25) is 39.3 Å². The van der Waals surface area contributed by atoms with Crippen molar-refractivity contribution in [2.45, 2.75) is 80.8 Å². The largest absolute Gasteiger partial charge is 0.0715 e. The number of rotatable bonds is 6. The standard InChI is InChI=1S/2C6H15P.2C3H9Si.Pt/c2*1-4-7(5-2)6-3;2*1-4(2)3;/h2*4-6H2,1-3H3;2*1-3H3;/p+2. The van der Waals surface area contributed by atoms with Crippen molar-refractivity contribution in [3.63, 3.8) is 0 Å². The molecule has 0 aromatic heterocycles. The third-order valence-corrected chi connectivity index (χ3v) is 9.00. The van der Waals surface area contributed by atoms with E-state index >= 15 is 0 Å². The second kappa shape index (κ2) is 31.7. The summed E-state index contributed by atoms with van der Waals surface area (Å²) in [6.07, 6.45) is 8.74. The predicted octanol–water partition coefficient (Wildman–Crippen LogP) is 7.26. The van der Waals surface area contributed by atoms with E-state index in [4.69, 9.17) is 0 Å². The maximum atomic E-state index is 2.31. The average molecular weight is 580 g/mol. The van der Waals surface area contributed by atoms with Crippen molar-refractivity contribution in [1.29, 1.82) is 0 Å². The fourth-order valence-electron chi connectivity index (χ4n) is 1.50. The maximum absolute atomic E-state index is 2.31. The van der Waals surface area contributed by atoms with E-state index in [9.17, 15) is 0 Å². The summed E-state index contributed by atoms with van der Waals surface area (Å²) in [5, 5.41) is 0. The summed E-state index contributed by atoms with van der Waals surface area (Å²) >= 11 is 0. The van der Waals surface area contributed by atoms with Crippen LogP contribution in [0.1, 0.15) is 41.5 Å². The Morgan fingerprint density at radius 3 is 0.522 bits per heavy atom. The summed E-state index contributed by atoms with van der Waals surface area (Å²) in [5.41, 5.74) is 0. The van der Waals surface area contributed by atoms with Gasteiger partial charge < -0.3 is 0 Å². The Morgan fingerprint density at radius 2 is 0.522 bits per heavy atom. The fraction of sp³-hybridized carbons (Fsp3) is 1.00. The van der Waals surface area contributed by atoms with Gasteiger partial charge in [0.25, 0.3) is 0 Å². The first-order valence-electron chi connectivity index (χ1n) is 9.36. The van der Waals surface area contributed by atoms with Crippen LogP contribution in [0.3, 0.4) is 0 Å². The first-order chi connectivity index (χ1) is 10.2. The van der Waals surface area contributed by atoms with Crippen molar-refractivity contribution < 1.29 is 21.1 Å². The third kappa shape index (κ3) is 59.3. The van der Waals surface area contributed by atoms with Gasteiger partial charge in [-0.05, 0) is 57.4 Å². The van der Waals surface area contributed by atoms with E-state index in [0.717, 1.165) is 0 Å². The molecule has 0 saturated carbocycles. The van der Waals surface area contributed by atoms with E-state index < -0.39 is 0 Å². The van der Waals surface area contributed by atoms with Crippen LogP contribution < -0.4 is 0 Å². The van der Waals surface area contributed by atoms with E-state index in [1.54, 1.807) is 0 Å². The molecule has 0 aliphatic carbocycles. The molecule has 0 amide bonds. The molecule has 0 nitrogen and oxygen atoms in total. The molecule has 0 spiro atoms. The minimum absolute atomic E-state index is 0. The van der Waals surface area contributed by atoms with Gasteiger partial charge in [0.15, 0.2) is 0 Å². The van der Waals surface area contributed by atoms with Crippen molar-refractivity contribution >= 4 is 33.4 Å². The first-order valence-corrected chi connectivity index (χ1v) is 19.6. The van der Waals surface area contributed by atoms with Crippen LogP contribution >= 0.6 is 15.8 Å². The molecule has 0 fully saturated rings. The summed E-state index contributed by atoms with van der Waals surface area (Å²) in [6.45, 7) is 27.5. The van der Waals surface area contributed by atoms with Crippen LogP contribution in [-0.4, -0.2) is 54.6 Å². The average Bonchev–Trinajstić information content (AvgIpc) is 2.42. The number of hydrogen-bond acceptors (Lipinski definition) is 0. The van der Waals surface area contributed by atoms with Crippen LogP contribution in [0.5, 0.6) is 0 Å². The molecule has 0 rings (SSSR count). The molecule has 0 aromatic rings. The summed E-state index contributed by atoms with van der Waals surface area (Å²) < 4.78 is 0. The zero-order valence-corrected chi connectivity index (χ0v) is 24.8. The molecule has 0 N–H and O–H groups in total. The fourth-order valence-corrected chi connectivity index (χ4v) is 4.50. The zero-order chi connectivity index (χ0) is 18.6. The van der Waals surface area contributed by atoms with E-state index in [2.05, 4.69) is 80.8 Å². The summed E-state index contributed by atoms with van der Waals surface area (Å²) in [6, 6.07) is 0. The predicted molar refractivity (Wildman–Crippen MR) is 127 cm³/mol. The molecule has 0 bridgehead atoms. The van der Waals surface area contributed by atoms with Crippen molar-refractivity contribution in [1.82, 2.24) is 0 Å². The maximum Gasteiger partial charge on any atom is 0.0543 e. The molecular weight excluding hydrogens is 529 g/mol. The Kier molecular flexibility index (Phi) is 49.6. The molecule has 0 atom stereocenters. The Labute approximate surface area is 171 Å². The van der Waals surface area contributed by atoms with Crippen molar-refractivity contribution in [2.75, 3.05) is 37.0 Å². The van der Waals surface area contributed by atoms with Crippen LogP contribution in [0.25, 0.3) is 0 Å². The van der Waals surface area contributed by atoms with E-state index in [1.165, 1.54) is 37.0 Å². The molecule has 0 aliphatic heterocycles. The summed E-state index contributed by atoms with van der Waals surface area (Å²) in [5.74, 6) is 0. The quantitative estimate of drug-likeness (QED) is 0.230.